The summed E-state index contributed by atoms with van der Waals surface area (Å²) in [6.07, 6.45) is 0. The van der Waals surface area contributed by atoms with E-state index < -0.39 is 0 Å². The smallest absolute Gasteiger partial charge is 0.276 e. The van der Waals surface area contributed by atoms with E-state index in [1.54, 1.807) is 41.8 Å². The first-order valence-corrected chi connectivity index (χ1v) is 10.4. The largest absolute Gasteiger partial charge is 0.497 e. The maximum absolute atomic E-state index is 13.1. The fourth-order valence-electron chi connectivity index (χ4n) is 2.68. The molecule has 0 saturated heterocycles. The van der Waals surface area contributed by atoms with Gasteiger partial charge in [-0.3, -0.25) is 4.79 Å². The Labute approximate surface area is 178 Å². The van der Waals surface area contributed by atoms with Crippen molar-refractivity contribution < 1.29 is 14.3 Å². The maximum atomic E-state index is 13.1. The van der Waals surface area contributed by atoms with Crippen LogP contribution in [-0.2, 0) is 5.88 Å². The van der Waals surface area contributed by atoms with Crippen molar-refractivity contribution in [2.75, 3.05) is 25.3 Å². The summed E-state index contributed by atoms with van der Waals surface area (Å²) in [6, 6.07) is 12.4. The molecule has 9 heteroatoms. The summed E-state index contributed by atoms with van der Waals surface area (Å²) in [5, 5.41) is 11.7. The minimum Gasteiger partial charge on any atom is -0.497 e. The molecule has 1 N–H and O–H groups in total. The van der Waals surface area contributed by atoms with Gasteiger partial charge in [-0.05, 0) is 48.2 Å². The van der Waals surface area contributed by atoms with Crippen LogP contribution in [0.3, 0.4) is 0 Å². The molecule has 3 aromatic rings. The van der Waals surface area contributed by atoms with Crippen LogP contribution in [-0.4, -0.2) is 40.9 Å². The molecule has 3 rings (SSSR count). The van der Waals surface area contributed by atoms with Gasteiger partial charge in [0, 0.05) is 11.3 Å². The van der Waals surface area contributed by atoms with Gasteiger partial charge in [-0.1, -0.05) is 23.7 Å². The second-order valence-electron chi connectivity index (χ2n) is 5.94. The summed E-state index contributed by atoms with van der Waals surface area (Å²) in [5.74, 6) is 2.36. The number of methoxy groups -OCH3 is 2. The molecular weight excluding hydrogens is 412 g/mol. The predicted octanol–water partition coefficient (Wildman–Crippen LogP) is 4.58. The number of anilines is 1. The molecule has 7 nitrogen and oxygen atoms in total. The lowest BCUT2D eigenvalue weighted by molar-refractivity contribution is 0.101. The Morgan fingerprint density at radius 2 is 1.93 bits per heavy atom. The van der Waals surface area contributed by atoms with Crippen molar-refractivity contribution in [3.63, 3.8) is 0 Å². The number of rotatable bonds is 8. The molecule has 1 heterocycles. The molecule has 0 aliphatic heterocycles. The topological polar surface area (TPSA) is 78.3 Å². The summed E-state index contributed by atoms with van der Waals surface area (Å²) in [7, 11) is 3.14. The summed E-state index contributed by atoms with van der Waals surface area (Å²) in [6.45, 7) is 2.05. The quantitative estimate of drug-likeness (QED) is 0.561. The normalized spacial score (nSPS) is 10.6. The highest BCUT2D eigenvalue weighted by molar-refractivity contribution is 7.98. The number of hydrogen-bond acceptors (Lipinski definition) is 6. The second kappa shape index (κ2) is 9.67. The van der Waals surface area contributed by atoms with Gasteiger partial charge in [0.25, 0.3) is 5.91 Å². The molecule has 0 spiro atoms. The van der Waals surface area contributed by atoms with Crippen LogP contribution in [0, 0.1) is 0 Å². The van der Waals surface area contributed by atoms with E-state index in [9.17, 15) is 4.79 Å². The first-order valence-electron chi connectivity index (χ1n) is 8.88. The van der Waals surface area contributed by atoms with E-state index in [0.717, 1.165) is 17.1 Å². The Bertz CT molecular complexity index is 992. The summed E-state index contributed by atoms with van der Waals surface area (Å²) >= 11 is 7.82. The maximum Gasteiger partial charge on any atom is 0.276 e. The Kier molecular flexibility index (Phi) is 7.00. The average molecular weight is 433 g/mol. The van der Waals surface area contributed by atoms with Crippen molar-refractivity contribution in [3.8, 4) is 22.8 Å². The minimum atomic E-state index is -0.321. The lowest BCUT2D eigenvalue weighted by Crippen LogP contribution is -2.18. The predicted molar refractivity (Wildman–Crippen MR) is 116 cm³/mol. The highest BCUT2D eigenvalue weighted by atomic mass is 35.5. The summed E-state index contributed by atoms with van der Waals surface area (Å²) < 4.78 is 12.0. The average Bonchev–Trinajstić information content (AvgIpc) is 3.16. The van der Waals surface area contributed by atoms with Gasteiger partial charge in [0.2, 0.25) is 0 Å². The zero-order valence-electron chi connectivity index (χ0n) is 16.3. The number of ether oxygens (including phenoxy) is 2. The standard InChI is InChI=1S/C20H21ClN4O3S/c1-4-29-12-25-19(18(23-24-25)13-5-8-15(27-2)9-6-13)20(26)22-14-7-10-17(28-3)16(21)11-14/h5-11H,4,12H2,1-3H3,(H,22,26). The van der Waals surface area contributed by atoms with E-state index in [1.807, 2.05) is 31.2 Å². The summed E-state index contributed by atoms with van der Waals surface area (Å²) in [5.41, 5.74) is 2.21. The zero-order valence-corrected chi connectivity index (χ0v) is 17.9. The van der Waals surface area contributed by atoms with Crippen molar-refractivity contribution in [1.82, 2.24) is 15.0 Å². The molecule has 1 aromatic heterocycles. The van der Waals surface area contributed by atoms with Crippen LogP contribution in [0.4, 0.5) is 5.69 Å². The van der Waals surface area contributed by atoms with Crippen LogP contribution < -0.4 is 14.8 Å². The fourth-order valence-corrected chi connectivity index (χ4v) is 3.48. The SMILES string of the molecule is CCSCn1nnc(-c2ccc(OC)cc2)c1C(=O)Nc1ccc(OC)c(Cl)c1. The van der Waals surface area contributed by atoms with Crippen molar-refractivity contribution in [1.29, 1.82) is 0 Å². The number of carbonyl (C=O) groups is 1. The Morgan fingerprint density at radius 1 is 1.17 bits per heavy atom. The van der Waals surface area contributed by atoms with Crippen LogP contribution >= 0.6 is 23.4 Å². The molecule has 152 valence electrons. The van der Waals surface area contributed by atoms with Gasteiger partial charge in [-0.2, -0.15) is 0 Å². The fraction of sp³-hybridized carbons (Fsp3) is 0.250. The van der Waals surface area contributed by atoms with Crippen molar-refractivity contribution >= 4 is 35.0 Å². The molecule has 0 radical (unpaired) electrons. The first kappa shape index (κ1) is 21.0. The van der Waals surface area contributed by atoms with Crippen LogP contribution in [0.25, 0.3) is 11.3 Å². The third kappa shape index (κ3) is 4.83. The van der Waals surface area contributed by atoms with Gasteiger partial charge >= 0.3 is 0 Å². The third-order valence-corrected chi connectivity index (χ3v) is 5.27. The van der Waals surface area contributed by atoms with E-state index in [2.05, 4.69) is 15.6 Å². The monoisotopic (exact) mass is 432 g/mol. The van der Waals surface area contributed by atoms with Crippen molar-refractivity contribution in [2.45, 2.75) is 12.8 Å². The number of halogens is 1. The number of carbonyl (C=O) groups excluding carboxylic acids is 1. The lowest BCUT2D eigenvalue weighted by atomic mass is 10.1. The molecule has 0 fully saturated rings. The molecule has 0 aliphatic carbocycles. The van der Waals surface area contributed by atoms with Crippen LogP contribution in [0.15, 0.2) is 42.5 Å². The molecule has 0 saturated carbocycles. The van der Waals surface area contributed by atoms with Gasteiger partial charge in [-0.15, -0.1) is 16.9 Å². The number of aromatic nitrogens is 3. The molecular formula is C20H21ClN4O3S. The van der Waals surface area contributed by atoms with Gasteiger partial charge in [0.1, 0.15) is 17.2 Å². The number of amides is 1. The van der Waals surface area contributed by atoms with E-state index in [1.165, 1.54) is 7.11 Å². The van der Waals surface area contributed by atoms with E-state index >= 15 is 0 Å². The van der Waals surface area contributed by atoms with Gasteiger partial charge < -0.3 is 14.8 Å². The number of nitrogens with one attached hydrogen (secondary N) is 1. The minimum absolute atomic E-state index is 0.321. The summed E-state index contributed by atoms with van der Waals surface area (Å²) in [4.78, 5) is 13.1. The molecule has 0 unspecified atom stereocenters. The van der Waals surface area contributed by atoms with Gasteiger partial charge in [0.05, 0.1) is 25.1 Å². The van der Waals surface area contributed by atoms with Crippen LogP contribution in [0.5, 0.6) is 11.5 Å². The molecule has 0 aliphatic rings. The molecule has 29 heavy (non-hydrogen) atoms. The third-order valence-electron chi connectivity index (χ3n) is 4.14. The van der Waals surface area contributed by atoms with Gasteiger partial charge in [-0.25, -0.2) is 4.68 Å². The second-order valence-corrected chi connectivity index (χ2v) is 7.59. The highest BCUT2D eigenvalue weighted by Crippen LogP contribution is 2.29. The Balaban J connectivity index is 1.95. The Morgan fingerprint density at radius 3 is 2.55 bits per heavy atom. The Hall–Kier alpha value is -2.71. The molecule has 0 atom stereocenters. The highest BCUT2D eigenvalue weighted by Gasteiger charge is 2.22. The molecule has 1 amide bonds. The van der Waals surface area contributed by atoms with Crippen molar-refractivity contribution in [3.05, 3.63) is 53.2 Å². The lowest BCUT2D eigenvalue weighted by Gasteiger charge is -2.10. The van der Waals surface area contributed by atoms with Crippen LogP contribution in [0.2, 0.25) is 5.02 Å². The van der Waals surface area contributed by atoms with E-state index in [-0.39, 0.29) is 5.91 Å². The van der Waals surface area contributed by atoms with Crippen molar-refractivity contribution in [2.24, 2.45) is 0 Å². The van der Waals surface area contributed by atoms with Crippen LogP contribution in [0.1, 0.15) is 17.4 Å². The number of nitrogens with zero attached hydrogens (tertiary/aromatic N) is 3. The van der Waals surface area contributed by atoms with Gasteiger partial charge in [0.15, 0.2) is 5.69 Å². The van der Waals surface area contributed by atoms with E-state index in [4.69, 9.17) is 21.1 Å². The zero-order chi connectivity index (χ0) is 20.8. The number of benzene rings is 2. The first-order chi connectivity index (χ1) is 14.1. The molecule has 2 aromatic carbocycles. The number of hydrogen-bond donors (Lipinski definition) is 1. The van der Waals surface area contributed by atoms with E-state index in [0.29, 0.717) is 33.7 Å². The number of thioether (sulfide) groups is 1. The molecule has 0 bridgehead atoms.